The summed E-state index contributed by atoms with van der Waals surface area (Å²) in [5.74, 6) is 0. The van der Waals surface area contributed by atoms with Crippen molar-refractivity contribution < 1.29 is 9.47 Å². The molecule has 0 aromatic heterocycles. The van der Waals surface area contributed by atoms with Gasteiger partial charge < -0.3 is 9.47 Å². The number of aryl methyl sites for hydroxylation is 1. The summed E-state index contributed by atoms with van der Waals surface area (Å²) < 4.78 is 11.4. The zero-order valence-electron chi connectivity index (χ0n) is 11.8. The predicted octanol–water partition coefficient (Wildman–Crippen LogP) is 3.79. The van der Waals surface area contributed by atoms with Gasteiger partial charge in [-0.05, 0) is 37.3 Å². The van der Waals surface area contributed by atoms with Crippen molar-refractivity contribution in [3.05, 3.63) is 35.9 Å². The molecule has 19 heavy (non-hydrogen) atoms. The van der Waals surface area contributed by atoms with Crippen LogP contribution < -0.4 is 0 Å². The van der Waals surface area contributed by atoms with Gasteiger partial charge in [-0.2, -0.15) is 0 Å². The molecule has 1 aliphatic rings. The first-order valence-corrected chi connectivity index (χ1v) is 7.59. The molecule has 0 atom stereocenters. The van der Waals surface area contributed by atoms with Crippen molar-refractivity contribution in [1.29, 1.82) is 0 Å². The predicted molar refractivity (Wildman–Crippen MR) is 77.2 cm³/mol. The van der Waals surface area contributed by atoms with E-state index in [-0.39, 0.29) is 0 Å². The van der Waals surface area contributed by atoms with Crippen molar-refractivity contribution >= 4 is 0 Å². The Bertz CT molecular complexity index is 317. The van der Waals surface area contributed by atoms with Gasteiger partial charge in [0.15, 0.2) is 0 Å². The lowest BCUT2D eigenvalue weighted by atomic mass is 9.98. The summed E-state index contributed by atoms with van der Waals surface area (Å²) in [5, 5.41) is 0. The summed E-state index contributed by atoms with van der Waals surface area (Å²) in [7, 11) is 0. The van der Waals surface area contributed by atoms with Crippen molar-refractivity contribution in [2.45, 2.75) is 51.0 Å². The third kappa shape index (κ3) is 6.22. The number of rotatable bonds is 8. The average molecular weight is 261 g/mol. The highest BCUT2D eigenvalue weighted by Gasteiger charge is 2.12. The minimum absolute atomic E-state index is 0.498. The van der Waals surface area contributed by atoms with Crippen molar-refractivity contribution in [3.8, 4) is 0 Å². The lowest BCUT2D eigenvalue weighted by molar-refractivity contribution is -0.0103. The van der Waals surface area contributed by atoms with E-state index >= 15 is 0 Å². The van der Waals surface area contributed by atoms with Gasteiger partial charge in [0.2, 0.25) is 0 Å². The van der Waals surface area contributed by atoms with Crippen LogP contribution >= 0.6 is 0 Å². The zero-order valence-corrected chi connectivity index (χ0v) is 11.8. The lowest BCUT2D eigenvalue weighted by Crippen LogP contribution is -2.19. The molecule has 0 bridgehead atoms. The third-order valence-corrected chi connectivity index (χ3v) is 3.67. The van der Waals surface area contributed by atoms with Crippen LogP contribution in [0.3, 0.4) is 0 Å². The first kappa shape index (κ1) is 14.5. The van der Waals surface area contributed by atoms with E-state index in [4.69, 9.17) is 9.47 Å². The summed E-state index contributed by atoms with van der Waals surface area (Å²) in [6, 6.07) is 11.2. The molecular weight excluding hydrogens is 236 g/mol. The van der Waals surface area contributed by atoms with Gasteiger partial charge in [0.25, 0.3) is 0 Å². The highest BCUT2D eigenvalue weighted by Crippen LogP contribution is 2.19. The SMILES string of the molecule is [c]1ccc(CCCOCCOC2CCCCC2)cc1. The molecule has 1 radical (unpaired) electrons. The van der Waals surface area contributed by atoms with E-state index in [9.17, 15) is 0 Å². The van der Waals surface area contributed by atoms with Gasteiger partial charge in [-0.15, -0.1) is 0 Å². The van der Waals surface area contributed by atoms with E-state index in [0.717, 1.165) is 32.7 Å². The normalized spacial score (nSPS) is 16.6. The van der Waals surface area contributed by atoms with Crippen molar-refractivity contribution in [2.24, 2.45) is 0 Å². The fourth-order valence-corrected chi connectivity index (χ4v) is 2.57. The summed E-state index contributed by atoms with van der Waals surface area (Å²) in [4.78, 5) is 0. The van der Waals surface area contributed by atoms with Crippen LogP contribution in [0.25, 0.3) is 0 Å². The first-order valence-electron chi connectivity index (χ1n) is 7.59. The lowest BCUT2D eigenvalue weighted by Gasteiger charge is -2.21. The molecule has 1 fully saturated rings. The van der Waals surface area contributed by atoms with Crippen LogP contribution in [-0.2, 0) is 15.9 Å². The molecule has 0 unspecified atom stereocenters. The van der Waals surface area contributed by atoms with Crippen LogP contribution in [0.2, 0.25) is 0 Å². The highest BCUT2D eigenvalue weighted by molar-refractivity contribution is 5.13. The summed E-state index contributed by atoms with van der Waals surface area (Å²) >= 11 is 0. The first-order chi connectivity index (χ1) is 9.45. The molecule has 0 saturated heterocycles. The van der Waals surface area contributed by atoms with Crippen LogP contribution in [0, 0.1) is 6.07 Å². The Labute approximate surface area is 117 Å². The Hall–Kier alpha value is -0.860. The second-order valence-electron chi connectivity index (χ2n) is 5.25. The monoisotopic (exact) mass is 261 g/mol. The maximum Gasteiger partial charge on any atom is 0.0704 e. The maximum absolute atomic E-state index is 5.82. The van der Waals surface area contributed by atoms with Crippen molar-refractivity contribution in [3.63, 3.8) is 0 Å². The maximum atomic E-state index is 5.82. The van der Waals surface area contributed by atoms with Crippen LogP contribution in [0.15, 0.2) is 24.3 Å². The molecule has 1 aromatic rings. The van der Waals surface area contributed by atoms with E-state index in [1.54, 1.807) is 0 Å². The fraction of sp³-hybridized carbons (Fsp3) is 0.647. The molecule has 1 aliphatic carbocycles. The molecular formula is C17H25O2. The Kier molecular flexibility index (Phi) is 6.97. The molecule has 0 N–H and O–H groups in total. The van der Waals surface area contributed by atoms with E-state index < -0.39 is 0 Å². The average Bonchev–Trinajstić information content (AvgIpc) is 2.48. The molecule has 0 heterocycles. The van der Waals surface area contributed by atoms with E-state index in [1.165, 1.54) is 37.7 Å². The summed E-state index contributed by atoms with van der Waals surface area (Å²) in [6.07, 6.45) is 9.19. The van der Waals surface area contributed by atoms with Gasteiger partial charge >= 0.3 is 0 Å². The quantitative estimate of drug-likeness (QED) is 0.663. The molecule has 1 aromatic carbocycles. The Morgan fingerprint density at radius 1 is 1.00 bits per heavy atom. The topological polar surface area (TPSA) is 18.5 Å². The minimum Gasteiger partial charge on any atom is -0.379 e. The molecule has 0 spiro atoms. The standard InChI is InChI=1S/C17H25O2/c1-3-8-16(9-4-1)10-7-13-18-14-15-19-17-11-5-2-6-12-17/h3-4,8-9,17H,2,5-7,10-15H2. The van der Waals surface area contributed by atoms with Crippen molar-refractivity contribution in [1.82, 2.24) is 0 Å². The number of ether oxygens (including phenoxy) is 2. The molecule has 2 heteroatoms. The van der Waals surface area contributed by atoms with Gasteiger partial charge in [-0.1, -0.05) is 43.5 Å². The summed E-state index contributed by atoms with van der Waals surface area (Å²) in [6.45, 7) is 2.32. The molecule has 2 nitrogen and oxygen atoms in total. The Morgan fingerprint density at radius 2 is 1.79 bits per heavy atom. The zero-order chi connectivity index (χ0) is 13.2. The number of hydrogen-bond donors (Lipinski definition) is 0. The second kappa shape index (κ2) is 9.11. The van der Waals surface area contributed by atoms with Gasteiger partial charge in [0, 0.05) is 6.61 Å². The fourth-order valence-electron chi connectivity index (χ4n) is 2.57. The molecule has 1 saturated carbocycles. The second-order valence-corrected chi connectivity index (χ2v) is 5.25. The minimum atomic E-state index is 0.498. The smallest absolute Gasteiger partial charge is 0.0704 e. The van der Waals surface area contributed by atoms with Gasteiger partial charge in [-0.3, -0.25) is 0 Å². The number of hydrogen-bond acceptors (Lipinski definition) is 2. The van der Waals surface area contributed by atoms with Crippen LogP contribution in [0.1, 0.15) is 44.1 Å². The van der Waals surface area contributed by atoms with Crippen LogP contribution in [0.4, 0.5) is 0 Å². The third-order valence-electron chi connectivity index (χ3n) is 3.67. The largest absolute Gasteiger partial charge is 0.379 e. The Morgan fingerprint density at radius 3 is 2.58 bits per heavy atom. The van der Waals surface area contributed by atoms with Crippen LogP contribution in [-0.4, -0.2) is 25.9 Å². The molecule has 0 aliphatic heterocycles. The highest BCUT2D eigenvalue weighted by atomic mass is 16.5. The summed E-state index contributed by atoms with van der Waals surface area (Å²) in [5.41, 5.74) is 1.36. The molecule has 0 amide bonds. The number of benzene rings is 1. The van der Waals surface area contributed by atoms with E-state index in [1.807, 2.05) is 12.1 Å². The van der Waals surface area contributed by atoms with Crippen LogP contribution in [0.5, 0.6) is 0 Å². The van der Waals surface area contributed by atoms with Crippen molar-refractivity contribution in [2.75, 3.05) is 19.8 Å². The van der Waals surface area contributed by atoms with Gasteiger partial charge in [0.1, 0.15) is 0 Å². The van der Waals surface area contributed by atoms with Gasteiger partial charge in [0.05, 0.1) is 19.3 Å². The molecule has 2 rings (SSSR count). The Balaban J connectivity index is 1.42. The molecule has 105 valence electrons. The van der Waals surface area contributed by atoms with E-state index in [0.29, 0.717) is 6.10 Å². The van der Waals surface area contributed by atoms with Gasteiger partial charge in [-0.25, -0.2) is 0 Å². The van der Waals surface area contributed by atoms with E-state index in [2.05, 4.69) is 18.2 Å².